The second-order valence-electron chi connectivity index (χ2n) is 6.91. The molecule has 1 atom stereocenters. The highest BCUT2D eigenvalue weighted by molar-refractivity contribution is 5.94. The maximum absolute atomic E-state index is 12.8. The van der Waals surface area contributed by atoms with Crippen molar-refractivity contribution in [2.75, 3.05) is 24.5 Å². The van der Waals surface area contributed by atoms with Crippen LogP contribution in [-0.4, -0.2) is 36.5 Å². The Labute approximate surface area is 144 Å². The molecule has 1 aliphatic rings. The highest BCUT2D eigenvalue weighted by atomic mass is 16.2. The van der Waals surface area contributed by atoms with Crippen molar-refractivity contribution in [2.45, 2.75) is 32.7 Å². The van der Waals surface area contributed by atoms with E-state index in [2.05, 4.69) is 62.1 Å². The summed E-state index contributed by atoms with van der Waals surface area (Å²) in [6.45, 7) is 8.93. The van der Waals surface area contributed by atoms with Gasteiger partial charge < -0.3 is 9.80 Å². The molecule has 126 valence electrons. The van der Waals surface area contributed by atoms with Crippen LogP contribution in [0.1, 0.15) is 42.6 Å². The maximum atomic E-state index is 12.8. The first-order valence-corrected chi connectivity index (χ1v) is 8.77. The molecule has 0 radical (unpaired) electrons. The Morgan fingerprint density at radius 1 is 1.00 bits per heavy atom. The van der Waals surface area contributed by atoms with Crippen molar-refractivity contribution in [2.24, 2.45) is 0 Å². The first-order valence-electron chi connectivity index (χ1n) is 8.77. The van der Waals surface area contributed by atoms with E-state index in [9.17, 15) is 4.79 Å². The zero-order chi connectivity index (χ0) is 17.1. The van der Waals surface area contributed by atoms with Crippen LogP contribution in [0.3, 0.4) is 0 Å². The third-order valence-electron chi connectivity index (χ3n) is 4.83. The summed E-state index contributed by atoms with van der Waals surface area (Å²) in [5.74, 6) is 0.633. The van der Waals surface area contributed by atoms with Crippen LogP contribution in [0.4, 0.5) is 5.69 Å². The number of carbonyl (C=O) groups is 1. The molecule has 0 bridgehead atoms. The van der Waals surface area contributed by atoms with Gasteiger partial charge in [0.25, 0.3) is 5.91 Å². The fourth-order valence-corrected chi connectivity index (χ4v) is 3.34. The number of para-hydroxylation sites is 1. The Morgan fingerprint density at radius 3 is 2.25 bits per heavy atom. The van der Waals surface area contributed by atoms with Crippen molar-refractivity contribution in [3.05, 3.63) is 65.7 Å². The molecule has 2 aromatic rings. The van der Waals surface area contributed by atoms with Crippen molar-refractivity contribution >= 4 is 11.6 Å². The SMILES string of the molecule is CC(C)c1ccc(C(=O)N2CCN(c3ccccc3)C(C)C2)cc1. The van der Waals surface area contributed by atoms with E-state index < -0.39 is 0 Å². The number of rotatable bonds is 3. The van der Waals surface area contributed by atoms with Gasteiger partial charge in [-0.05, 0) is 42.7 Å². The molecule has 0 aliphatic carbocycles. The van der Waals surface area contributed by atoms with Crippen LogP contribution >= 0.6 is 0 Å². The van der Waals surface area contributed by atoms with E-state index in [1.165, 1.54) is 11.3 Å². The molecule has 1 saturated heterocycles. The molecule has 3 heteroatoms. The van der Waals surface area contributed by atoms with Crippen molar-refractivity contribution in [3.63, 3.8) is 0 Å². The molecule has 1 fully saturated rings. The Hall–Kier alpha value is -2.29. The number of nitrogens with zero attached hydrogens (tertiary/aromatic N) is 2. The first kappa shape index (κ1) is 16.6. The average molecular weight is 322 g/mol. The van der Waals surface area contributed by atoms with Crippen LogP contribution < -0.4 is 4.90 Å². The Bertz CT molecular complexity index is 679. The lowest BCUT2D eigenvalue weighted by atomic mass is 10.0. The van der Waals surface area contributed by atoms with Gasteiger partial charge in [0, 0.05) is 36.9 Å². The minimum Gasteiger partial charge on any atom is -0.365 e. The van der Waals surface area contributed by atoms with Gasteiger partial charge in [-0.3, -0.25) is 4.79 Å². The van der Waals surface area contributed by atoms with Crippen LogP contribution in [-0.2, 0) is 0 Å². The molecule has 1 aliphatic heterocycles. The molecule has 0 N–H and O–H groups in total. The van der Waals surface area contributed by atoms with Gasteiger partial charge in [0.15, 0.2) is 0 Å². The number of hydrogen-bond donors (Lipinski definition) is 0. The highest BCUT2D eigenvalue weighted by Gasteiger charge is 2.27. The number of hydrogen-bond acceptors (Lipinski definition) is 2. The van der Waals surface area contributed by atoms with Gasteiger partial charge in [0.1, 0.15) is 0 Å². The van der Waals surface area contributed by atoms with Crippen molar-refractivity contribution < 1.29 is 4.79 Å². The second kappa shape index (κ2) is 7.08. The summed E-state index contributed by atoms with van der Waals surface area (Å²) in [5.41, 5.74) is 3.30. The first-order chi connectivity index (χ1) is 11.6. The summed E-state index contributed by atoms with van der Waals surface area (Å²) < 4.78 is 0. The summed E-state index contributed by atoms with van der Waals surface area (Å²) in [7, 11) is 0. The summed E-state index contributed by atoms with van der Waals surface area (Å²) in [4.78, 5) is 17.1. The van der Waals surface area contributed by atoms with Crippen LogP contribution in [0.2, 0.25) is 0 Å². The predicted molar refractivity (Wildman–Crippen MR) is 99.7 cm³/mol. The summed E-state index contributed by atoms with van der Waals surface area (Å²) in [5, 5.41) is 0. The minimum absolute atomic E-state index is 0.143. The van der Waals surface area contributed by atoms with E-state index in [0.717, 1.165) is 25.2 Å². The Balaban J connectivity index is 1.68. The van der Waals surface area contributed by atoms with Gasteiger partial charge in [0.05, 0.1) is 0 Å². The molecule has 1 amide bonds. The molecular formula is C21H26N2O. The third-order valence-corrected chi connectivity index (χ3v) is 4.83. The van der Waals surface area contributed by atoms with Crippen molar-refractivity contribution in [3.8, 4) is 0 Å². The zero-order valence-electron chi connectivity index (χ0n) is 14.8. The minimum atomic E-state index is 0.143. The van der Waals surface area contributed by atoms with Crippen LogP contribution in [0.5, 0.6) is 0 Å². The predicted octanol–water partition coefficient (Wildman–Crippen LogP) is 4.16. The van der Waals surface area contributed by atoms with Gasteiger partial charge in [-0.15, -0.1) is 0 Å². The number of anilines is 1. The highest BCUT2D eigenvalue weighted by Crippen LogP contribution is 2.22. The molecule has 1 unspecified atom stereocenters. The normalized spacial score (nSPS) is 18.1. The molecule has 2 aromatic carbocycles. The fraction of sp³-hybridized carbons (Fsp3) is 0.381. The summed E-state index contributed by atoms with van der Waals surface area (Å²) >= 11 is 0. The van der Waals surface area contributed by atoms with Gasteiger partial charge in [-0.1, -0.05) is 44.2 Å². The molecule has 0 aromatic heterocycles. The third kappa shape index (κ3) is 3.45. The van der Waals surface area contributed by atoms with Crippen LogP contribution in [0.25, 0.3) is 0 Å². The van der Waals surface area contributed by atoms with Crippen LogP contribution in [0, 0.1) is 0 Å². The molecular weight excluding hydrogens is 296 g/mol. The largest absolute Gasteiger partial charge is 0.365 e. The van der Waals surface area contributed by atoms with E-state index in [-0.39, 0.29) is 5.91 Å². The van der Waals surface area contributed by atoms with Gasteiger partial charge in [0.2, 0.25) is 0 Å². The Morgan fingerprint density at radius 2 is 1.67 bits per heavy atom. The van der Waals surface area contributed by atoms with E-state index in [0.29, 0.717) is 12.0 Å². The number of piperazine rings is 1. The van der Waals surface area contributed by atoms with E-state index >= 15 is 0 Å². The summed E-state index contributed by atoms with van der Waals surface area (Å²) in [6, 6.07) is 18.8. The molecule has 3 nitrogen and oxygen atoms in total. The topological polar surface area (TPSA) is 23.6 Å². The van der Waals surface area contributed by atoms with Gasteiger partial charge in [-0.2, -0.15) is 0 Å². The number of carbonyl (C=O) groups excluding carboxylic acids is 1. The van der Waals surface area contributed by atoms with Gasteiger partial charge >= 0.3 is 0 Å². The summed E-state index contributed by atoms with van der Waals surface area (Å²) in [6.07, 6.45) is 0. The molecule has 0 saturated carbocycles. The lowest BCUT2D eigenvalue weighted by Crippen LogP contribution is -2.53. The number of amides is 1. The van der Waals surface area contributed by atoms with Crippen LogP contribution in [0.15, 0.2) is 54.6 Å². The van der Waals surface area contributed by atoms with Crippen molar-refractivity contribution in [1.82, 2.24) is 4.90 Å². The lowest BCUT2D eigenvalue weighted by molar-refractivity contribution is 0.0726. The molecule has 3 rings (SSSR count). The van der Waals surface area contributed by atoms with E-state index in [1.807, 2.05) is 23.1 Å². The average Bonchev–Trinajstić information content (AvgIpc) is 2.62. The smallest absolute Gasteiger partial charge is 0.253 e. The monoisotopic (exact) mass is 322 g/mol. The van der Waals surface area contributed by atoms with Crippen molar-refractivity contribution in [1.29, 1.82) is 0 Å². The maximum Gasteiger partial charge on any atom is 0.253 e. The molecule has 1 heterocycles. The van der Waals surface area contributed by atoms with Gasteiger partial charge in [-0.25, -0.2) is 0 Å². The Kier molecular flexibility index (Phi) is 4.89. The molecule has 24 heavy (non-hydrogen) atoms. The van der Waals surface area contributed by atoms with E-state index in [1.54, 1.807) is 0 Å². The lowest BCUT2D eigenvalue weighted by Gasteiger charge is -2.41. The second-order valence-corrected chi connectivity index (χ2v) is 6.91. The quantitative estimate of drug-likeness (QED) is 0.847. The molecule has 0 spiro atoms. The standard InChI is InChI=1S/C21H26N2O/c1-16(2)18-9-11-19(12-10-18)21(24)22-13-14-23(17(3)15-22)20-7-5-4-6-8-20/h4-12,16-17H,13-15H2,1-3H3. The van der Waals surface area contributed by atoms with E-state index in [4.69, 9.17) is 0 Å². The number of benzene rings is 2. The fourth-order valence-electron chi connectivity index (χ4n) is 3.34. The zero-order valence-corrected chi connectivity index (χ0v) is 14.8.